The minimum Gasteiger partial charge on any atom is -0.451 e. The van der Waals surface area contributed by atoms with E-state index in [2.05, 4.69) is 58.5 Å². The molecule has 1 aromatic carbocycles. The lowest BCUT2D eigenvalue weighted by atomic mass is 10.0. The topological polar surface area (TPSA) is 84.4 Å². The van der Waals surface area contributed by atoms with Crippen molar-refractivity contribution in [2.75, 3.05) is 31.1 Å². The van der Waals surface area contributed by atoms with E-state index in [1.165, 1.54) is 5.56 Å². The number of nitrogens with one attached hydrogen (secondary N) is 1. The van der Waals surface area contributed by atoms with Crippen LogP contribution in [0.15, 0.2) is 36.4 Å². The van der Waals surface area contributed by atoms with Gasteiger partial charge in [0, 0.05) is 19.6 Å². The maximum atomic E-state index is 12.0. The molecule has 0 spiro atoms. The zero-order valence-corrected chi connectivity index (χ0v) is 17.1. The number of hydrogen-bond donors (Lipinski definition) is 1. The van der Waals surface area contributed by atoms with Crippen LogP contribution in [0.1, 0.15) is 54.2 Å². The normalized spacial score (nSPS) is 13.6. The fraction of sp³-hybridized carbons (Fsp3) is 0.455. The molecule has 0 unspecified atom stereocenters. The van der Waals surface area contributed by atoms with Gasteiger partial charge in [0.05, 0.1) is 0 Å². The monoisotopic (exact) mass is 396 g/mol. The standard InChI is InChI=1S/C22H28N4O3/c1-16(2)18-7-5-17(6-8-18)11-12-23-21(27)15-29-22(28)19-9-10-20(25-24-19)26-13-3-4-14-26/h5-10,16H,3-4,11-15H2,1-2H3,(H,23,27). The van der Waals surface area contributed by atoms with Crippen LogP contribution in [0.3, 0.4) is 0 Å². The van der Waals surface area contributed by atoms with E-state index in [4.69, 9.17) is 4.74 Å². The van der Waals surface area contributed by atoms with E-state index in [0.29, 0.717) is 12.5 Å². The van der Waals surface area contributed by atoms with Gasteiger partial charge < -0.3 is 15.0 Å². The Bertz CT molecular complexity index is 813. The van der Waals surface area contributed by atoms with Crippen LogP contribution < -0.4 is 10.2 Å². The predicted molar refractivity (Wildman–Crippen MR) is 111 cm³/mol. The zero-order valence-electron chi connectivity index (χ0n) is 17.1. The van der Waals surface area contributed by atoms with Crippen LogP contribution in [0.2, 0.25) is 0 Å². The van der Waals surface area contributed by atoms with Crippen LogP contribution in [0.25, 0.3) is 0 Å². The SMILES string of the molecule is CC(C)c1ccc(CCNC(=O)COC(=O)c2ccc(N3CCCC3)nn2)cc1. The summed E-state index contributed by atoms with van der Waals surface area (Å²) < 4.78 is 5.03. The Morgan fingerprint density at radius 2 is 1.79 bits per heavy atom. The lowest BCUT2D eigenvalue weighted by molar-refractivity contribution is -0.124. The molecule has 154 valence electrons. The molecule has 29 heavy (non-hydrogen) atoms. The van der Waals surface area contributed by atoms with E-state index in [9.17, 15) is 9.59 Å². The fourth-order valence-corrected chi connectivity index (χ4v) is 3.22. The number of amides is 1. The van der Waals surface area contributed by atoms with Crippen molar-refractivity contribution < 1.29 is 14.3 Å². The number of rotatable bonds is 8. The quantitative estimate of drug-likeness (QED) is 0.691. The number of aromatic nitrogens is 2. The van der Waals surface area contributed by atoms with Gasteiger partial charge in [-0.1, -0.05) is 38.1 Å². The summed E-state index contributed by atoms with van der Waals surface area (Å²) in [5, 5.41) is 10.8. The summed E-state index contributed by atoms with van der Waals surface area (Å²) in [4.78, 5) is 26.1. The minimum atomic E-state index is -0.648. The van der Waals surface area contributed by atoms with Crippen LogP contribution in [-0.4, -0.2) is 48.3 Å². The van der Waals surface area contributed by atoms with E-state index in [1.807, 2.05) is 0 Å². The first-order chi connectivity index (χ1) is 14.0. The van der Waals surface area contributed by atoms with Crippen molar-refractivity contribution in [2.45, 2.75) is 39.0 Å². The van der Waals surface area contributed by atoms with Crippen molar-refractivity contribution in [1.29, 1.82) is 0 Å². The molecule has 7 nitrogen and oxygen atoms in total. The van der Waals surface area contributed by atoms with Crippen molar-refractivity contribution in [2.24, 2.45) is 0 Å². The van der Waals surface area contributed by atoms with Crippen LogP contribution in [-0.2, 0) is 16.0 Å². The highest BCUT2D eigenvalue weighted by molar-refractivity contribution is 5.89. The van der Waals surface area contributed by atoms with Gasteiger partial charge in [0.2, 0.25) is 0 Å². The van der Waals surface area contributed by atoms with E-state index < -0.39 is 5.97 Å². The molecule has 0 aliphatic carbocycles. The molecule has 1 aromatic heterocycles. The van der Waals surface area contributed by atoms with Crippen molar-refractivity contribution in [3.05, 3.63) is 53.2 Å². The average Bonchev–Trinajstić information content (AvgIpc) is 3.27. The van der Waals surface area contributed by atoms with E-state index in [-0.39, 0.29) is 18.2 Å². The minimum absolute atomic E-state index is 0.103. The molecule has 0 bridgehead atoms. The van der Waals surface area contributed by atoms with Gasteiger partial charge in [0.1, 0.15) is 0 Å². The molecule has 2 aromatic rings. The van der Waals surface area contributed by atoms with Gasteiger partial charge in [0.25, 0.3) is 5.91 Å². The van der Waals surface area contributed by atoms with Gasteiger partial charge in [-0.3, -0.25) is 4.79 Å². The molecule has 1 amide bonds. The summed E-state index contributed by atoms with van der Waals surface area (Å²) in [6.45, 7) is 6.39. The second kappa shape index (κ2) is 10.0. The average molecular weight is 396 g/mol. The molecule has 1 aliphatic heterocycles. The molecule has 0 radical (unpaired) electrons. The number of anilines is 1. The first-order valence-corrected chi connectivity index (χ1v) is 10.1. The third-order valence-electron chi connectivity index (χ3n) is 5.01. The maximum absolute atomic E-state index is 12.0. The molecular weight excluding hydrogens is 368 g/mol. The highest BCUT2D eigenvalue weighted by Gasteiger charge is 2.16. The van der Waals surface area contributed by atoms with E-state index in [0.717, 1.165) is 43.7 Å². The predicted octanol–water partition coefficient (Wildman–Crippen LogP) is 2.72. The van der Waals surface area contributed by atoms with E-state index in [1.54, 1.807) is 12.1 Å². The second-order valence-electron chi connectivity index (χ2n) is 7.54. The van der Waals surface area contributed by atoms with E-state index >= 15 is 0 Å². The lowest BCUT2D eigenvalue weighted by Gasteiger charge is -2.15. The first-order valence-electron chi connectivity index (χ1n) is 10.1. The maximum Gasteiger partial charge on any atom is 0.359 e. The van der Waals surface area contributed by atoms with Gasteiger partial charge in [-0.05, 0) is 48.4 Å². The second-order valence-corrected chi connectivity index (χ2v) is 7.54. The smallest absolute Gasteiger partial charge is 0.359 e. The summed E-state index contributed by atoms with van der Waals surface area (Å²) >= 11 is 0. The molecule has 3 rings (SSSR count). The van der Waals surface area contributed by atoms with Crippen LogP contribution >= 0.6 is 0 Å². The van der Waals surface area contributed by atoms with Crippen LogP contribution in [0.5, 0.6) is 0 Å². The Morgan fingerprint density at radius 1 is 1.07 bits per heavy atom. The van der Waals surface area contributed by atoms with Gasteiger partial charge in [-0.15, -0.1) is 10.2 Å². The Hall–Kier alpha value is -2.96. The Morgan fingerprint density at radius 3 is 2.41 bits per heavy atom. The van der Waals surface area contributed by atoms with Gasteiger partial charge in [-0.2, -0.15) is 0 Å². The molecule has 7 heteroatoms. The highest BCUT2D eigenvalue weighted by Crippen LogP contribution is 2.17. The third-order valence-corrected chi connectivity index (χ3v) is 5.01. The summed E-state index contributed by atoms with van der Waals surface area (Å²) in [7, 11) is 0. The number of esters is 1. The number of carbonyl (C=O) groups is 2. The number of benzene rings is 1. The fourth-order valence-electron chi connectivity index (χ4n) is 3.22. The summed E-state index contributed by atoms with van der Waals surface area (Å²) in [5.41, 5.74) is 2.55. The molecule has 1 fully saturated rings. The van der Waals surface area contributed by atoms with Crippen LogP contribution in [0, 0.1) is 0 Å². The molecule has 1 saturated heterocycles. The highest BCUT2D eigenvalue weighted by atomic mass is 16.5. The molecular formula is C22H28N4O3. The molecule has 2 heterocycles. The van der Waals surface area contributed by atoms with Crippen molar-refractivity contribution >= 4 is 17.7 Å². The summed E-state index contributed by atoms with van der Waals surface area (Å²) in [6.07, 6.45) is 3.01. The zero-order chi connectivity index (χ0) is 20.6. The molecule has 0 atom stereocenters. The largest absolute Gasteiger partial charge is 0.451 e. The number of carbonyl (C=O) groups excluding carboxylic acids is 2. The third kappa shape index (κ3) is 6.01. The molecule has 1 aliphatic rings. The number of ether oxygens (including phenoxy) is 1. The Kier molecular flexibility index (Phi) is 7.16. The molecule has 1 N–H and O–H groups in total. The van der Waals surface area contributed by atoms with Gasteiger partial charge >= 0.3 is 5.97 Å². The first kappa shape index (κ1) is 20.8. The van der Waals surface area contributed by atoms with Crippen molar-refractivity contribution in [3.63, 3.8) is 0 Å². The summed E-state index contributed by atoms with van der Waals surface area (Å²) in [6, 6.07) is 11.7. The van der Waals surface area contributed by atoms with Gasteiger partial charge in [-0.25, -0.2) is 4.79 Å². The molecule has 0 saturated carbocycles. The Balaban J connectivity index is 1.37. The number of nitrogens with zero attached hydrogens (tertiary/aromatic N) is 3. The van der Waals surface area contributed by atoms with Crippen molar-refractivity contribution in [3.8, 4) is 0 Å². The number of hydrogen-bond acceptors (Lipinski definition) is 6. The Labute approximate surface area is 171 Å². The van der Waals surface area contributed by atoms with Crippen LogP contribution in [0.4, 0.5) is 5.82 Å². The summed E-state index contributed by atoms with van der Waals surface area (Å²) in [5.74, 6) is 0.279. The van der Waals surface area contributed by atoms with Gasteiger partial charge in [0.15, 0.2) is 18.1 Å². The lowest BCUT2D eigenvalue weighted by Crippen LogP contribution is -2.30. The van der Waals surface area contributed by atoms with Crippen molar-refractivity contribution in [1.82, 2.24) is 15.5 Å².